The Balaban J connectivity index is 1.93. The van der Waals surface area contributed by atoms with E-state index in [-0.39, 0.29) is 11.9 Å². The fourth-order valence-corrected chi connectivity index (χ4v) is 2.63. The molecule has 2 unspecified atom stereocenters. The molecule has 0 spiro atoms. The second-order valence-corrected chi connectivity index (χ2v) is 6.42. The molecule has 7 heteroatoms. The summed E-state index contributed by atoms with van der Waals surface area (Å²) in [5.41, 5.74) is 0. The van der Waals surface area contributed by atoms with Gasteiger partial charge in [-0.15, -0.1) is 0 Å². The predicted molar refractivity (Wildman–Crippen MR) is 94.7 cm³/mol. The molecule has 0 aliphatic carbocycles. The van der Waals surface area contributed by atoms with E-state index < -0.39 is 6.10 Å². The summed E-state index contributed by atoms with van der Waals surface area (Å²) in [7, 11) is 3.85. The van der Waals surface area contributed by atoms with Crippen molar-refractivity contribution in [2.24, 2.45) is 0 Å². The Hall–Kier alpha value is -1.69. The molecule has 0 bridgehead atoms. The number of benzene rings is 1. The number of nitrogens with one attached hydrogen (secondary N) is 1. The average Bonchev–Trinajstić information content (AvgIpc) is 3.03. The van der Waals surface area contributed by atoms with Crippen LogP contribution in [-0.4, -0.2) is 37.6 Å². The Morgan fingerprint density at radius 1 is 1.33 bits per heavy atom. The number of hydrogen-bond acceptors (Lipinski definition) is 4. The fraction of sp³-hybridized carbons (Fsp3) is 0.353. The van der Waals surface area contributed by atoms with Gasteiger partial charge in [-0.1, -0.05) is 23.2 Å². The number of hydrogen-bond donors (Lipinski definition) is 1. The van der Waals surface area contributed by atoms with Gasteiger partial charge in [-0.2, -0.15) is 0 Å². The van der Waals surface area contributed by atoms with E-state index in [2.05, 4.69) is 5.32 Å². The van der Waals surface area contributed by atoms with Crippen LogP contribution < -0.4 is 10.1 Å². The largest absolute Gasteiger partial charge is 0.479 e. The molecule has 24 heavy (non-hydrogen) atoms. The maximum Gasteiger partial charge on any atom is 0.260 e. The molecular weight excluding hydrogens is 351 g/mol. The predicted octanol–water partition coefficient (Wildman–Crippen LogP) is 3.77. The highest BCUT2D eigenvalue weighted by Crippen LogP contribution is 2.28. The van der Waals surface area contributed by atoms with Crippen molar-refractivity contribution in [2.75, 3.05) is 20.6 Å². The lowest BCUT2D eigenvalue weighted by Crippen LogP contribution is -2.40. The first-order valence-corrected chi connectivity index (χ1v) is 8.23. The molecule has 0 radical (unpaired) electrons. The summed E-state index contributed by atoms with van der Waals surface area (Å²) in [6.07, 6.45) is 0.921. The van der Waals surface area contributed by atoms with Crippen molar-refractivity contribution < 1.29 is 13.9 Å². The number of furan rings is 1. The molecule has 0 fully saturated rings. The molecule has 1 amide bonds. The number of amides is 1. The molecule has 2 atom stereocenters. The topological polar surface area (TPSA) is 54.7 Å². The second-order valence-electron chi connectivity index (χ2n) is 5.57. The van der Waals surface area contributed by atoms with E-state index >= 15 is 0 Å². The molecule has 0 aliphatic heterocycles. The van der Waals surface area contributed by atoms with Crippen LogP contribution in [0.25, 0.3) is 0 Å². The number of carbonyl (C=O) groups excluding carboxylic acids is 1. The Bertz CT molecular complexity index is 674. The summed E-state index contributed by atoms with van der Waals surface area (Å²) >= 11 is 11.9. The Morgan fingerprint density at radius 2 is 2.08 bits per heavy atom. The zero-order chi connectivity index (χ0) is 17.7. The average molecular weight is 371 g/mol. The highest BCUT2D eigenvalue weighted by Gasteiger charge is 2.21. The molecule has 1 aromatic heterocycles. The van der Waals surface area contributed by atoms with Gasteiger partial charge in [-0.25, -0.2) is 0 Å². The standard InChI is InChI=1S/C17H20Cl2N2O3/c1-11(24-15-7-6-12(18)9-13(15)19)17(22)20-10-14(21(2)3)16-5-4-8-23-16/h4-9,11,14H,10H2,1-3H3,(H,20,22). The Kier molecular flexibility index (Phi) is 6.54. The molecule has 1 heterocycles. The molecule has 0 aliphatic rings. The van der Waals surface area contributed by atoms with Gasteiger partial charge in [0.15, 0.2) is 6.10 Å². The number of halogens is 2. The van der Waals surface area contributed by atoms with Crippen molar-refractivity contribution in [3.05, 3.63) is 52.4 Å². The monoisotopic (exact) mass is 370 g/mol. The van der Waals surface area contributed by atoms with E-state index in [0.29, 0.717) is 22.3 Å². The minimum Gasteiger partial charge on any atom is -0.479 e. The smallest absolute Gasteiger partial charge is 0.260 e. The zero-order valence-electron chi connectivity index (χ0n) is 13.8. The molecule has 0 saturated carbocycles. The first-order valence-electron chi connectivity index (χ1n) is 7.47. The molecule has 1 N–H and O–H groups in total. The SMILES string of the molecule is CC(Oc1ccc(Cl)cc1Cl)C(=O)NCC(c1ccco1)N(C)C. The maximum atomic E-state index is 12.3. The van der Waals surface area contributed by atoms with Crippen LogP contribution in [-0.2, 0) is 4.79 Å². The van der Waals surface area contributed by atoms with Gasteiger partial charge in [-0.3, -0.25) is 9.69 Å². The van der Waals surface area contributed by atoms with Gasteiger partial charge >= 0.3 is 0 Å². The molecule has 2 rings (SSSR count). The van der Waals surface area contributed by atoms with E-state index in [1.165, 1.54) is 0 Å². The molecule has 2 aromatic rings. The lowest BCUT2D eigenvalue weighted by Gasteiger charge is -2.23. The van der Waals surface area contributed by atoms with Crippen LogP contribution in [0.2, 0.25) is 10.0 Å². The number of nitrogens with zero attached hydrogens (tertiary/aromatic N) is 1. The third-order valence-corrected chi connectivity index (χ3v) is 4.06. The summed E-state index contributed by atoms with van der Waals surface area (Å²) in [5, 5.41) is 3.74. The molecular formula is C17H20Cl2N2O3. The van der Waals surface area contributed by atoms with Gasteiger partial charge in [0, 0.05) is 11.6 Å². The molecule has 130 valence electrons. The zero-order valence-corrected chi connectivity index (χ0v) is 15.3. The number of rotatable bonds is 7. The van der Waals surface area contributed by atoms with E-state index in [1.807, 2.05) is 31.1 Å². The Labute approximate surface area is 151 Å². The van der Waals surface area contributed by atoms with Crippen LogP contribution in [0.1, 0.15) is 18.7 Å². The summed E-state index contributed by atoms with van der Waals surface area (Å²) < 4.78 is 11.0. The van der Waals surface area contributed by atoms with Gasteiger partial charge in [0.05, 0.1) is 17.3 Å². The van der Waals surface area contributed by atoms with Gasteiger partial charge in [0.2, 0.25) is 0 Å². The lowest BCUT2D eigenvalue weighted by atomic mass is 10.2. The maximum absolute atomic E-state index is 12.3. The first kappa shape index (κ1) is 18.6. The molecule has 0 saturated heterocycles. The third-order valence-electron chi connectivity index (χ3n) is 3.53. The lowest BCUT2D eigenvalue weighted by molar-refractivity contribution is -0.127. The number of carbonyl (C=O) groups is 1. The minimum atomic E-state index is -0.692. The fourth-order valence-electron chi connectivity index (χ4n) is 2.17. The first-order chi connectivity index (χ1) is 11.4. The minimum absolute atomic E-state index is 0.0599. The van der Waals surface area contributed by atoms with Crippen molar-refractivity contribution >= 4 is 29.1 Å². The highest BCUT2D eigenvalue weighted by atomic mass is 35.5. The van der Waals surface area contributed by atoms with Crippen molar-refractivity contribution in [1.29, 1.82) is 0 Å². The number of likely N-dealkylation sites (N-methyl/N-ethyl adjacent to an activating group) is 1. The van der Waals surface area contributed by atoms with Crippen LogP contribution in [0.15, 0.2) is 41.0 Å². The van der Waals surface area contributed by atoms with E-state index in [9.17, 15) is 4.79 Å². The van der Waals surface area contributed by atoms with Gasteiger partial charge in [0.25, 0.3) is 5.91 Å². The van der Waals surface area contributed by atoms with Gasteiger partial charge < -0.3 is 14.5 Å². The third kappa shape index (κ3) is 4.90. The summed E-state index contributed by atoms with van der Waals surface area (Å²) in [4.78, 5) is 14.2. The Morgan fingerprint density at radius 3 is 2.67 bits per heavy atom. The molecule has 1 aromatic carbocycles. The van der Waals surface area contributed by atoms with Crippen molar-refractivity contribution in [2.45, 2.75) is 19.1 Å². The summed E-state index contributed by atoms with van der Waals surface area (Å²) in [6.45, 7) is 2.07. The van der Waals surface area contributed by atoms with Crippen molar-refractivity contribution in [3.63, 3.8) is 0 Å². The van der Waals surface area contributed by atoms with Crippen LogP contribution in [0.5, 0.6) is 5.75 Å². The van der Waals surface area contributed by atoms with E-state index in [0.717, 1.165) is 5.76 Å². The van der Waals surface area contributed by atoms with Crippen LogP contribution >= 0.6 is 23.2 Å². The summed E-state index contributed by atoms with van der Waals surface area (Å²) in [6, 6.07) is 8.51. The summed E-state index contributed by atoms with van der Waals surface area (Å²) in [5.74, 6) is 0.966. The van der Waals surface area contributed by atoms with E-state index in [1.54, 1.807) is 31.4 Å². The second kappa shape index (κ2) is 8.42. The van der Waals surface area contributed by atoms with Crippen LogP contribution in [0, 0.1) is 0 Å². The van der Waals surface area contributed by atoms with Crippen LogP contribution in [0.3, 0.4) is 0 Å². The van der Waals surface area contributed by atoms with Crippen LogP contribution in [0.4, 0.5) is 0 Å². The quantitative estimate of drug-likeness (QED) is 0.805. The van der Waals surface area contributed by atoms with E-state index in [4.69, 9.17) is 32.4 Å². The van der Waals surface area contributed by atoms with Crippen molar-refractivity contribution in [1.82, 2.24) is 10.2 Å². The van der Waals surface area contributed by atoms with Gasteiger partial charge in [-0.05, 0) is 51.4 Å². The normalized spacial score (nSPS) is 13.6. The van der Waals surface area contributed by atoms with Gasteiger partial charge in [0.1, 0.15) is 11.5 Å². The molecule has 5 nitrogen and oxygen atoms in total. The number of ether oxygens (including phenoxy) is 1. The highest BCUT2D eigenvalue weighted by molar-refractivity contribution is 6.35. The van der Waals surface area contributed by atoms with Crippen molar-refractivity contribution in [3.8, 4) is 5.75 Å².